The van der Waals surface area contributed by atoms with Gasteiger partial charge in [0.15, 0.2) is 11.5 Å². The molecule has 0 aliphatic carbocycles. The lowest BCUT2D eigenvalue weighted by Gasteiger charge is -2.20. The van der Waals surface area contributed by atoms with E-state index >= 15 is 0 Å². The third kappa shape index (κ3) is 4.17. The van der Waals surface area contributed by atoms with E-state index in [1.807, 2.05) is 84.4 Å². The molecule has 0 spiro atoms. The number of hydrogen-bond donors (Lipinski definition) is 1. The SMILES string of the molecule is CCN(Cc1cnn(CC)c1)C(=O)c1ccc2c(-c3ccc(O)c(OC)c3)cccc2c1. The molecular formula is C26H27N3O3. The lowest BCUT2D eigenvalue weighted by atomic mass is 9.96. The Hall–Kier alpha value is -3.80. The highest BCUT2D eigenvalue weighted by molar-refractivity contribution is 6.02. The van der Waals surface area contributed by atoms with Gasteiger partial charge in [-0.05, 0) is 60.0 Å². The summed E-state index contributed by atoms with van der Waals surface area (Å²) < 4.78 is 7.12. The summed E-state index contributed by atoms with van der Waals surface area (Å²) in [6.07, 6.45) is 3.80. The summed E-state index contributed by atoms with van der Waals surface area (Å²) in [5.74, 6) is 0.528. The third-order valence-corrected chi connectivity index (χ3v) is 5.67. The van der Waals surface area contributed by atoms with Gasteiger partial charge < -0.3 is 14.7 Å². The van der Waals surface area contributed by atoms with Crippen LogP contribution in [-0.4, -0.2) is 39.3 Å². The smallest absolute Gasteiger partial charge is 0.254 e. The van der Waals surface area contributed by atoms with Crippen LogP contribution >= 0.6 is 0 Å². The molecule has 0 atom stereocenters. The highest BCUT2D eigenvalue weighted by atomic mass is 16.5. The molecule has 6 nitrogen and oxygen atoms in total. The van der Waals surface area contributed by atoms with Crippen molar-refractivity contribution in [3.05, 3.63) is 78.1 Å². The fourth-order valence-electron chi connectivity index (χ4n) is 3.90. The Balaban J connectivity index is 1.65. The minimum absolute atomic E-state index is 0.00430. The summed E-state index contributed by atoms with van der Waals surface area (Å²) in [7, 11) is 1.53. The van der Waals surface area contributed by atoms with Crippen molar-refractivity contribution >= 4 is 16.7 Å². The van der Waals surface area contributed by atoms with Gasteiger partial charge in [-0.25, -0.2) is 0 Å². The highest BCUT2D eigenvalue weighted by Gasteiger charge is 2.17. The van der Waals surface area contributed by atoms with Crippen LogP contribution < -0.4 is 4.74 Å². The molecule has 3 aromatic carbocycles. The molecule has 1 aromatic heterocycles. The molecule has 0 radical (unpaired) electrons. The zero-order valence-corrected chi connectivity index (χ0v) is 18.6. The second-order valence-corrected chi connectivity index (χ2v) is 7.65. The summed E-state index contributed by atoms with van der Waals surface area (Å²) in [5.41, 5.74) is 3.63. The van der Waals surface area contributed by atoms with Gasteiger partial charge in [0.2, 0.25) is 0 Å². The molecule has 0 aliphatic rings. The fraction of sp³-hybridized carbons (Fsp3) is 0.231. The van der Waals surface area contributed by atoms with Crippen molar-refractivity contribution in [2.75, 3.05) is 13.7 Å². The molecular weight excluding hydrogens is 402 g/mol. The third-order valence-electron chi connectivity index (χ3n) is 5.67. The molecule has 0 unspecified atom stereocenters. The van der Waals surface area contributed by atoms with Gasteiger partial charge in [0, 0.05) is 37.0 Å². The van der Waals surface area contributed by atoms with E-state index in [0.717, 1.165) is 34.0 Å². The summed E-state index contributed by atoms with van der Waals surface area (Å²) in [6.45, 7) is 5.97. The number of aryl methyl sites for hydroxylation is 1. The Morgan fingerprint density at radius 1 is 1.12 bits per heavy atom. The number of hydrogen-bond acceptors (Lipinski definition) is 4. The van der Waals surface area contributed by atoms with Crippen LogP contribution in [0.2, 0.25) is 0 Å². The number of carbonyl (C=O) groups excluding carboxylic acids is 1. The second kappa shape index (κ2) is 9.14. The number of nitrogens with zero attached hydrogens (tertiary/aromatic N) is 3. The summed E-state index contributed by atoms with van der Waals surface area (Å²) >= 11 is 0. The number of amides is 1. The maximum Gasteiger partial charge on any atom is 0.254 e. The number of phenols is 1. The van der Waals surface area contributed by atoms with Gasteiger partial charge in [-0.15, -0.1) is 0 Å². The maximum absolute atomic E-state index is 13.2. The van der Waals surface area contributed by atoms with Gasteiger partial charge in [0.1, 0.15) is 0 Å². The van der Waals surface area contributed by atoms with Crippen LogP contribution in [0.15, 0.2) is 67.0 Å². The number of aromatic hydroxyl groups is 1. The van der Waals surface area contributed by atoms with Gasteiger partial charge in [0.25, 0.3) is 5.91 Å². The zero-order chi connectivity index (χ0) is 22.7. The van der Waals surface area contributed by atoms with E-state index in [9.17, 15) is 9.90 Å². The number of ether oxygens (including phenoxy) is 1. The highest BCUT2D eigenvalue weighted by Crippen LogP contribution is 2.35. The van der Waals surface area contributed by atoms with Crippen LogP contribution in [-0.2, 0) is 13.1 Å². The largest absolute Gasteiger partial charge is 0.504 e. The second-order valence-electron chi connectivity index (χ2n) is 7.65. The average Bonchev–Trinajstić information content (AvgIpc) is 3.29. The predicted octanol–water partition coefficient (Wildman–Crippen LogP) is 5.10. The first kappa shape index (κ1) is 21.4. The molecule has 4 aromatic rings. The lowest BCUT2D eigenvalue weighted by molar-refractivity contribution is 0.0752. The number of methoxy groups -OCH3 is 1. The van der Waals surface area contributed by atoms with Gasteiger partial charge in [0.05, 0.1) is 13.3 Å². The minimum Gasteiger partial charge on any atom is -0.504 e. The molecule has 0 saturated carbocycles. The first-order valence-corrected chi connectivity index (χ1v) is 10.7. The molecule has 32 heavy (non-hydrogen) atoms. The van der Waals surface area contributed by atoms with Crippen LogP contribution in [0.5, 0.6) is 11.5 Å². The molecule has 0 aliphatic heterocycles. The van der Waals surface area contributed by atoms with Gasteiger partial charge >= 0.3 is 0 Å². The van der Waals surface area contributed by atoms with Crippen molar-refractivity contribution in [2.45, 2.75) is 26.9 Å². The van der Waals surface area contributed by atoms with Gasteiger partial charge in [-0.1, -0.05) is 30.3 Å². The molecule has 0 bridgehead atoms. The monoisotopic (exact) mass is 429 g/mol. The van der Waals surface area contributed by atoms with Crippen molar-refractivity contribution in [1.82, 2.24) is 14.7 Å². The van der Waals surface area contributed by atoms with Crippen molar-refractivity contribution in [3.8, 4) is 22.6 Å². The van der Waals surface area contributed by atoms with E-state index in [1.165, 1.54) is 7.11 Å². The Bertz CT molecular complexity index is 1260. The Labute approximate surface area is 187 Å². The topological polar surface area (TPSA) is 67.6 Å². The molecule has 0 saturated heterocycles. The molecule has 1 amide bonds. The van der Waals surface area contributed by atoms with Crippen LogP contribution in [0.3, 0.4) is 0 Å². The first-order chi connectivity index (χ1) is 15.5. The predicted molar refractivity (Wildman–Crippen MR) is 126 cm³/mol. The fourth-order valence-corrected chi connectivity index (χ4v) is 3.90. The minimum atomic E-state index is -0.00430. The van der Waals surface area contributed by atoms with E-state index in [0.29, 0.717) is 24.4 Å². The number of rotatable bonds is 7. The Morgan fingerprint density at radius 2 is 1.97 bits per heavy atom. The van der Waals surface area contributed by atoms with Gasteiger partial charge in [-0.2, -0.15) is 5.10 Å². The van der Waals surface area contributed by atoms with E-state index < -0.39 is 0 Å². The molecule has 164 valence electrons. The summed E-state index contributed by atoms with van der Waals surface area (Å²) in [6, 6.07) is 17.1. The number of aromatic nitrogens is 2. The van der Waals surface area contributed by atoms with Crippen molar-refractivity contribution < 1.29 is 14.6 Å². The van der Waals surface area contributed by atoms with Crippen molar-refractivity contribution in [1.29, 1.82) is 0 Å². The van der Waals surface area contributed by atoms with E-state index in [2.05, 4.69) is 5.10 Å². The normalized spacial score (nSPS) is 11.0. The summed E-state index contributed by atoms with van der Waals surface area (Å²) in [5, 5.41) is 16.2. The molecule has 1 N–H and O–H groups in total. The number of phenolic OH excluding ortho intramolecular Hbond substituents is 1. The van der Waals surface area contributed by atoms with E-state index in [4.69, 9.17) is 4.74 Å². The molecule has 0 fully saturated rings. The van der Waals surface area contributed by atoms with Crippen LogP contribution in [0.25, 0.3) is 21.9 Å². The zero-order valence-electron chi connectivity index (χ0n) is 18.6. The van der Waals surface area contributed by atoms with Gasteiger partial charge in [-0.3, -0.25) is 9.48 Å². The average molecular weight is 430 g/mol. The van der Waals surface area contributed by atoms with Crippen LogP contribution in [0.4, 0.5) is 0 Å². The standard InChI is InChI=1S/C26H27N3O3/c1-4-28(16-18-15-27-29(5-2)17-18)26(31)21-9-11-23-19(13-21)7-6-8-22(23)20-10-12-24(30)25(14-20)32-3/h6-15,17,30H,4-5,16H2,1-3H3. The number of benzene rings is 3. The lowest BCUT2D eigenvalue weighted by Crippen LogP contribution is -2.30. The first-order valence-electron chi connectivity index (χ1n) is 10.7. The van der Waals surface area contributed by atoms with Crippen LogP contribution in [0, 0.1) is 0 Å². The Kier molecular flexibility index (Phi) is 6.12. The number of fused-ring (bicyclic) bond motifs is 1. The van der Waals surface area contributed by atoms with E-state index in [-0.39, 0.29) is 11.7 Å². The Morgan fingerprint density at radius 3 is 2.69 bits per heavy atom. The molecule has 1 heterocycles. The van der Waals surface area contributed by atoms with Crippen molar-refractivity contribution in [3.63, 3.8) is 0 Å². The number of carbonyl (C=O) groups is 1. The molecule has 4 rings (SSSR count). The maximum atomic E-state index is 13.2. The van der Waals surface area contributed by atoms with E-state index in [1.54, 1.807) is 6.07 Å². The summed E-state index contributed by atoms with van der Waals surface area (Å²) in [4.78, 5) is 15.1. The molecule has 6 heteroatoms. The quantitative estimate of drug-likeness (QED) is 0.444. The van der Waals surface area contributed by atoms with Crippen LogP contribution in [0.1, 0.15) is 29.8 Å². The van der Waals surface area contributed by atoms with Crippen molar-refractivity contribution in [2.24, 2.45) is 0 Å².